The first kappa shape index (κ1) is 20.9. The van der Waals surface area contributed by atoms with Crippen LogP contribution in [0.3, 0.4) is 0 Å². The van der Waals surface area contributed by atoms with Crippen LogP contribution in [0.5, 0.6) is 0 Å². The number of piperidine rings is 1. The molecule has 1 N–H and O–H groups in total. The number of benzene rings is 1. The zero-order chi connectivity index (χ0) is 21.2. The quantitative estimate of drug-likeness (QED) is 0.822. The van der Waals surface area contributed by atoms with Crippen LogP contribution in [-0.4, -0.2) is 57.5 Å². The molecule has 0 bridgehead atoms. The summed E-state index contributed by atoms with van der Waals surface area (Å²) in [6, 6.07) is 5.20. The van der Waals surface area contributed by atoms with Crippen LogP contribution >= 0.6 is 0 Å². The lowest BCUT2D eigenvalue weighted by Crippen LogP contribution is -2.51. The van der Waals surface area contributed by atoms with Crippen molar-refractivity contribution in [3.05, 3.63) is 53.6 Å². The van der Waals surface area contributed by atoms with E-state index in [0.29, 0.717) is 18.7 Å². The van der Waals surface area contributed by atoms with Crippen LogP contribution in [0, 0.1) is 0 Å². The van der Waals surface area contributed by atoms with Crippen molar-refractivity contribution in [1.29, 1.82) is 0 Å². The van der Waals surface area contributed by atoms with E-state index in [1.54, 1.807) is 17.3 Å². The van der Waals surface area contributed by atoms with Gasteiger partial charge in [0.05, 0.1) is 37.1 Å². The first-order valence-corrected chi connectivity index (χ1v) is 10.1. The Labute approximate surface area is 173 Å². The highest BCUT2D eigenvalue weighted by atomic mass is 19.4. The smallest absolute Gasteiger partial charge is 0.373 e. The molecule has 2 saturated heterocycles. The Balaban J connectivity index is 1.43. The fraction of sp³-hybridized carbons (Fsp3) is 0.524. The highest BCUT2D eigenvalue weighted by Crippen LogP contribution is 2.33. The van der Waals surface area contributed by atoms with Crippen LogP contribution in [0.4, 0.5) is 13.2 Å². The number of aromatic amines is 1. The first-order valence-electron chi connectivity index (χ1n) is 10.1. The van der Waals surface area contributed by atoms with E-state index in [0.717, 1.165) is 50.3 Å². The third kappa shape index (κ3) is 4.84. The third-order valence-corrected chi connectivity index (χ3v) is 5.90. The summed E-state index contributed by atoms with van der Waals surface area (Å²) in [5.74, 6) is -0.0795. The third-order valence-electron chi connectivity index (χ3n) is 5.90. The number of carbonyl (C=O) groups is 1. The lowest BCUT2D eigenvalue weighted by molar-refractivity contribution is -0.137. The summed E-state index contributed by atoms with van der Waals surface area (Å²) in [7, 11) is 0. The topological polar surface area (TPSA) is 61.5 Å². The van der Waals surface area contributed by atoms with Crippen LogP contribution in [0.25, 0.3) is 0 Å². The normalized spacial score (nSPS) is 20.5. The number of nitrogens with zero attached hydrogens (tertiary/aromatic N) is 3. The van der Waals surface area contributed by atoms with Crippen LogP contribution in [-0.2, 0) is 28.8 Å². The molecular weight excluding hydrogens is 397 g/mol. The average Bonchev–Trinajstić information content (AvgIpc) is 3.17. The largest absolute Gasteiger partial charge is 0.416 e. The molecule has 2 aromatic rings. The lowest BCUT2D eigenvalue weighted by atomic mass is 9.90. The Hall–Kier alpha value is -2.39. The molecule has 1 aromatic carbocycles. The van der Waals surface area contributed by atoms with Gasteiger partial charge >= 0.3 is 6.18 Å². The fourth-order valence-electron chi connectivity index (χ4n) is 4.24. The fourth-order valence-corrected chi connectivity index (χ4v) is 4.24. The molecule has 2 aliphatic rings. The van der Waals surface area contributed by atoms with Gasteiger partial charge < -0.3 is 14.6 Å². The van der Waals surface area contributed by atoms with E-state index in [1.165, 1.54) is 6.07 Å². The predicted octanol–water partition coefficient (Wildman–Crippen LogP) is 3.21. The van der Waals surface area contributed by atoms with E-state index in [2.05, 4.69) is 14.9 Å². The zero-order valence-corrected chi connectivity index (χ0v) is 16.6. The van der Waals surface area contributed by atoms with Crippen molar-refractivity contribution in [3.8, 4) is 0 Å². The maximum Gasteiger partial charge on any atom is 0.416 e. The Kier molecular flexibility index (Phi) is 5.84. The van der Waals surface area contributed by atoms with Gasteiger partial charge in [0, 0.05) is 38.1 Å². The number of ether oxygens (including phenoxy) is 1. The number of nitrogens with one attached hydrogen (secondary N) is 1. The Morgan fingerprint density at radius 1 is 1.20 bits per heavy atom. The standard InChI is InChI=1S/C21H25F3N4O2/c22-21(23,24)17-3-1-2-16(10-17)12-28-14-20(30-9-4-19(28)29)5-7-27(8-6-20)13-18-11-25-15-26-18/h1-3,10-11,15H,4-9,12-14H2,(H,25,26). The average molecular weight is 422 g/mol. The molecular formula is C21H25F3N4O2. The van der Waals surface area contributed by atoms with E-state index in [1.807, 2.05) is 6.20 Å². The second kappa shape index (κ2) is 8.39. The minimum atomic E-state index is -4.40. The van der Waals surface area contributed by atoms with Gasteiger partial charge in [-0.3, -0.25) is 9.69 Å². The Morgan fingerprint density at radius 2 is 2.00 bits per heavy atom. The Morgan fingerprint density at radius 3 is 2.70 bits per heavy atom. The molecule has 30 heavy (non-hydrogen) atoms. The first-order chi connectivity index (χ1) is 14.3. The van der Waals surface area contributed by atoms with E-state index in [9.17, 15) is 18.0 Å². The van der Waals surface area contributed by atoms with Crippen molar-refractivity contribution in [1.82, 2.24) is 19.8 Å². The minimum Gasteiger partial charge on any atom is -0.373 e. The van der Waals surface area contributed by atoms with Crippen LogP contribution in [0.2, 0.25) is 0 Å². The predicted molar refractivity (Wildman–Crippen MR) is 103 cm³/mol. The molecule has 162 valence electrons. The van der Waals surface area contributed by atoms with Gasteiger partial charge in [0.15, 0.2) is 0 Å². The number of H-pyrrole nitrogens is 1. The summed E-state index contributed by atoms with van der Waals surface area (Å²) in [5, 5.41) is 0. The highest BCUT2D eigenvalue weighted by Gasteiger charge is 2.40. The second-order valence-electron chi connectivity index (χ2n) is 8.08. The SMILES string of the molecule is O=C1CCOC2(CCN(Cc3cnc[nH]3)CC2)CN1Cc1cccc(C(F)(F)F)c1. The molecule has 9 heteroatoms. The molecule has 1 aromatic heterocycles. The molecule has 0 saturated carbocycles. The number of hydrogen-bond donors (Lipinski definition) is 1. The zero-order valence-electron chi connectivity index (χ0n) is 16.6. The van der Waals surface area contributed by atoms with Gasteiger partial charge in [-0.05, 0) is 30.5 Å². The number of rotatable bonds is 4. The van der Waals surface area contributed by atoms with Gasteiger partial charge in [0.25, 0.3) is 0 Å². The number of carbonyl (C=O) groups excluding carboxylic acids is 1. The van der Waals surface area contributed by atoms with Crippen molar-refractivity contribution >= 4 is 5.91 Å². The molecule has 0 radical (unpaired) electrons. The molecule has 2 fully saturated rings. The number of amides is 1. The summed E-state index contributed by atoms with van der Waals surface area (Å²) in [6.07, 6.45) is 0.860. The van der Waals surface area contributed by atoms with Crippen molar-refractivity contribution in [2.45, 2.75) is 44.1 Å². The summed E-state index contributed by atoms with van der Waals surface area (Å²) in [6.45, 7) is 3.34. The molecule has 1 spiro atoms. The molecule has 0 atom stereocenters. The van der Waals surface area contributed by atoms with Crippen molar-refractivity contribution in [2.75, 3.05) is 26.2 Å². The number of imidazole rings is 1. The number of halogens is 3. The lowest BCUT2D eigenvalue weighted by Gasteiger charge is -2.42. The second-order valence-corrected chi connectivity index (χ2v) is 8.08. The number of aromatic nitrogens is 2. The summed E-state index contributed by atoms with van der Waals surface area (Å²) in [4.78, 5) is 23.7. The minimum absolute atomic E-state index is 0.0795. The van der Waals surface area contributed by atoms with Gasteiger partial charge in [-0.15, -0.1) is 0 Å². The van der Waals surface area contributed by atoms with Gasteiger partial charge in [-0.1, -0.05) is 12.1 Å². The molecule has 2 aliphatic heterocycles. The van der Waals surface area contributed by atoms with Gasteiger partial charge in [0.2, 0.25) is 5.91 Å². The van der Waals surface area contributed by atoms with Gasteiger partial charge in [-0.25, -0.2) is 4.98 Å². The maximum atomic E-state index is 13.0. The molecule has 0 aliphatic carbocycles. The van der Waals surface area contributed by atoms with Crippen molar-refractivity contribution in [2.24, 2.45) is 0 Å². The van der Waals surface area contributed by atoms with Gasteiger partial charge in [0.1, 0.15) is 0 Å². The van der Waals surface area contributed by atoms with Crippen molar-refractivity contribution < 1.29 is 22.7 Å². The molecule has 3 heterocycles. The van der Waals surface area contributed by atoms with E-state index < -0.39 is 17.3 Å². The highest BCUT2D eigenvalue weighted by molar-refractivity contribution is 5.76. The monoisotopic (exact) mass is 422 g/mol. The summed E-state index contributed by atoms with van der Waals surface area (Å²) < 4.78 is 45.2. The molecule has 0 unspecified atom stereocenters. The molecule has 1 amide bonds. The van der Waals surface area contributed by atoms with Crippen LogP contribution in [0.15, 0.2) is 36.8 Å². The van der Waals surface area contributed by atoms with Crippen molar-refractivity contribution in [3.63, 3.8) is 0 Å². The molecule has 6 nitrogen and oxygen atoms in total. The molecule has 4 rings (SSSR count). The van der Waals surface area contributed by atoms with E-state index >= 15 is 0 Å². The number of alkyl halides is 3. The summed E-state index contributed by atoms with van der Waals surface area (Å²) >= 11 is 0. The van der Waals surface area contributed by atoms with E-state index in [4.69, 9.17) is 4.74 Å². The number of likely N-dealkylation sites (tertiary alicyclic amines) is 1. The van der Waals surface area contributed by atoms with Crippen LogP contribution < -0.4 is 0 Å². The van der Waals surface area contributed by atoms with E-state index in [-0.39, 0.29) is 18.9 Å². The Bertz CT molecular complexity index is 861. The maximum absolute atomic E-state index is 13.0. The van der Waals surface area contributed by atoms with Gasteiger partial charge in [-0.2, -0.15) is 13.2 Å². The number of hydrogen-bond acceptors (Lipinski definition) is 4. The summed E-state index contributed by atoms with van der Waals surface area (Å²) in [5.41, 5.74) is 0.388. The van der Waals surface area contributed by atoms with Crippen LogP contribution in [0.1, 0.15) is 36.1 Å².